The Morgan fingerprint density at radius 2 is 2.00 bits per heavy atom. The number of thioether (sulfide) groups is 1. The van der Waals surface area contributed by atoms with E-state index in [4.69, 9.17) is 11.6 Å². The molecule has 1 aliphatic carbocycles. The Balaban J connectivity index is 1.56. The van der Waals surface area contributed by atoms with Gasteiger partial charge < -0.3 is 10.6 Å². The van der Waals surface area contributed by atoms with E-state index in [2.05, 4.69) is 20.6 Å². The van der Waals surface area contributed by atoms with Crippen LogP contribution in [0, 0.1) is 5.82 Å². The minimum atomic E-state index is -0.520. The van der Waals surface area contributed by atoms with Gasteiger partial charge in [0.1, 0.15) is 10.8 Å². The predicted molar refractivity (Wildman–Crippen MR) is 125 cm³/mol. The normalized spacial score (nSPS) is 12.8. The third-order valence-electron chi connectivity index (χ3n) is 5.10. The number of benzene rings is 1. The van der Waals surface area contributed by atoms with Crippen LogP contribution in [0.2, 0.25) is 5.02 Å². The van der Waals surface area contributed by atoms with Gasteiger partial charge >= 0.3 is 0 Å². The van der Waals surface area contributed by atoms with Crippen molar-refractivity contribution in [2.45, 2.75) is 36.6 Å². The number of anilines is 1. The van der Waals surface area contributed by atoms with Gasteiger partial charge in [-0.15, -0.1) is 11.3 Å². The summed E-state index contributed by atoms with van der Waals surface area (Å²) in [4.78, 5) is 35.1. The Labute approximate surface area is 198 Å². The van der Waals surface area contributed by atoms with Crippen LogP contribution < -0.4 is 10.6 Å². The van der Waals surface area contributed by atoms with Crippen molar-refractivity contribution in [3.63, 3.8) is 0 Å². The molecule has 1 aromatic carbocycles. The highest BCUT2D eigenvalue weighted by molar-refractivity contribution is 7.98. The summed E-state index contributed by atoms with van der Waals surface area (Å²) in [6.07, 6.45) is 5.14. The van der Waals surface area contributed by atoms with Gasteiger partial charge in [-0.2, -0.15) is 0 Å². The number of aromatic nitrogens is 2. The summed E-state index contributed by atoms with van der Waals surface area (Å²) in [6, 6.07) is 6.46. The number of halogens is 2. The third-order valence-corrected chi connectivity index (χ3v) is 7.50. The summed E-state index contributed by atoms with van der Waals surface area (Å²) in [6.45, 7) is 0. The standard InChI is InChI=1S/C22H20ClFN4O2S2/c1-25-19(29)17-13-7-3-5-9-16(13)32-21(17)28-20(30)18-14(23)10-26-22(27-18)31-11-12-6-2-4-8-15(12)24/h2,4,6,8,10H,3,5,7,9,11H2,1H3,(H,25,29)(H,28,30). The lowest BCUT2D eigenvalue weighted by atomic mass is 9.95. The first-order valence-electron chi connectivity index (χ1n) is 10.0. The van der Waals surface area contributed by atoms with E-state index in [0.29, 0.717) is 27.0 Å². The molecule has 2 amide bonds. The van der Waals surface area contributed by atoms with E-state index in [-0.39, 0.29) is 22.4 Å². The molecule has 166 valence electrons. The topological polar surface area (TPSA) is 84.0 Å². The number of amides is 2. The fourth-order valence-electron chi connectivity index (χ4n) is 3.52. The summed E-state index contributed by atoms with van der Waals surface area (Å²) in [7, 11) is 1.57. The van der Waals surface area contributed by atoms with Crippen molar-refractivity contribution in [3.05, 3.63) is 68.6 Å². The van der Waals surface area contributed by atoms with Crippen LogP contribution in [0.3, 0.4) is 0 Å². The highest BCUT2D eigenvalue weighted by Gasteiger charge is 2.27. The van der Waals surface area contributed by atoms with Gasteiger partial charge in [-0.25, -0.2) is 14.4 Å². The summed E-state index contributed by atoms with van der Waals surface area (Å²) in [5, 5.41) is 6.38. The molecule has 2 N–H and O–H groups in total. The molecule has 0 radical (unpaired) electrons. The van der Waals surface area contributed by atoms with Crippen molar-refractivity contribution in [3.8, 4) is 0 Å². The highest BCUT2D eigenvalue weighted by Crippen LogP contribution is 2.38. The van der Waals surface area contributed by atoms with Gasteiger partial charge in [-0.05, 0) is 42.9 Å². The Morgan fingerprint density at radius 1 is 1.22 bits per heavy atom. The molecular formula is C22H20ClFN4O2S2. The van der Waals surface area contributed by atoms with Crippen LogP contribution in [-0.4, -0.2) is 28.8 Å². The average Bonchev–Trinajstić information content (AvgIpc) is 3.16. The maximum absolute atomic E-state index is 13.9. The van der Waals surface area contributed by atoms with Gasteiger partial charge in [0, 0.05) is 17.7 Å². The molecule has 1 aliphatic rings. The number of hydrogen-bond acceptors (Lipinski definition) is 6. The molecule has 0 bridgehead atoms. The first kappa shape index (κ1) is 22.7. The molecule has 2 heterocycles. The Bertz CT molecular complexity index is 1180. The number of nitrogens with zero attached hydrogens (tertiary/aromatic N) is 2. The fourth-order valence-corrected chi connectivity index (χ4v) is 5.78. The van der Waals surface area contributed by atoms with E-state index >= 15 is 0 Å². The lowest BCUT2D eigenvalue weighted by Crippen LogP contribution is -2.22. The summed E-state index contributed by atoms with van der Waals surface area (Å²) in [5.74, 6) is -0.743. The highest BCUT2D eigenvalue weighted by atomic mass is 35.5. The van der Waals surface area contributed by atoms with Crippen LogP contribution in [0.1, 0.15) is 49.7 Å². The van der Waals surface area contributed by atoms with Crippen LogP contribution >= 0.6 is 34.7 Å². The number of thiophene rings is 1. The van der Waals surface area contributed by atoms with Gasteiger partial charge in [-0.1, -0.05) is 41.6 Å². The van der Waals surface area contributed by atoms with Crippen molar-refractivity contribution >= 4 is 51.5 Å². The molecule has 0 saturated carbocycles. The van der Waals surface area contributed by atoms with E-state index in [1.54, 1.807) is 25.2 Å². The second-order valence-corrected chi connectivity index (χ2v) is 9.63. The number of nitrogens with one attached hydrogen (secondary N) is 2. The summed E-state index contributed by atoms with van der Waals surface area (Å²) >= 11 is 8.83. The molecule has 0 spiro atoms. The monoisotopic (exact) mass is 490 g/mol. The fraction of sp³-hybridized carbons (Fsp3) is 0.273. The summed E-state index contributed by atoms with van der Waals surface area (Å²) < 4.78 is 13.9. The van der Waals surface area contributed by atoms with E-state index in [0.717, 1.165) is 36.1 Å². The van der Waals surface area contributed by atoms with Crippen molar-refractivity contribution in [1.82, 2.24) is 15.3 Å². The zero-order valence-electron chi connectivity index (χ0n) is 17.2. The van der Waals surface area contributed by atoms with E-state index in [1.165, 1.54) is 35.4 Å². The van der Waals surface area contributed by atoms with Crippen molar-refractivity contribution in [2.75, 3.05) is 12.4 Å². The molecule has 0 aliphatic heterocycles. The zero-order valence-corrected chi connectivity index (χ0v) is 19.6. The van der Waals surface area contributed by atoms with Gasteiger partial charge in [0.25, 0.3) is 11.8 Å². The molecule has 0 unspecified atom stereocenters. The second kappa shape index (κ2) is 9.97. The van der Waals surface area contributed by atoms with Crippen molar-refractivity contribution in [2.24, 2.45) is 0 Å². The lowest BCUT2D eigenvalue weighted by molar-refractivity contribution is 0.0963. The van der Waals surface area contributed by atoms with Gasteiger partial charge in [0.15, 0.2) is 10.9 Å². The first-order chi connectivity index (χ1) is 15.5. The molecule has 3 aromatic rings. The van der Waals surface area contributed by atoms with E-state index in [1.807, 2.05) is 0 Å². The first-order valence-corrected chi connectivity index (χ1v) is 12.2. The molecule has 0 fully saturated rings. The van der Waals surface area contributed by atoms with Crippen LogP contribution in [0.25, 0.3) is 0 Å². The molecule has 32 heavy (non-hydrogen) atoms. The minimum Gasteiger partial charge on any atom is -0.355 e. The number of aryl methyl sites for hydroxylation is 1. The zero-order chi connectivity index (χ0) is 22.7. The molecule has 4 rings (SSSR count). The van der Waals surface area contributed by atoms with Crippen molar-refractivity contribution < 1.29 is 14.0 Å². The molecule has 2 aromatic heterocycles. The molecule has 0 atom stereocenters. The second-order valence-electron chi connectivity index (χ2n) is 7.18. The van der Waals surface area contributed by atoms with Crippen molar-refractivity contribution in [1.29, 1.82) is 0 Å². The van der Waals surface area contributed by atoms with Crippen LogP contribution in [0.4, 0.5) is 9.39 Å². The smallest absolute Gasteiger partial charge is 0.276 e. The van der Waals surface area contributed by atoms with E-state index in [9.17, 15) is 14.0 Å². The lowest BCUT2D eigenvalue weighted by Gasteiger charge is -2.12. The summed E-state index contributed by atoms with van der Waals surface area (Å²) in [5.41, 5.74) is 2.04. The van der Waals surface area contributed by atoms with Gasteiger partial charge in [0.2, 0.25) is 0 Å². The number of carbonyl (C=O) groups is 2. The minimum absolute atomic E-state index is 0.00642. The molecule has 10 heteroatoms. The molecular weight excluding hydrogens is 471 g/mol. The largest absolute Gasteiger partial charge is 0.355 e. The average molecular weight is 491 g/mol. The van der Waals surface area contributed by atoms with Crippen LogP contribution in [-0.2, 0) is 18.6 Å². The quantitative estimate of drug-likeness (QED) is 0.370. The Morgan fingerprint density at radius 3 is 2.78 bits per heavy atom. The number of fused-ring (bicyclic) bond motifs is 1. The number of rotatable bonds is 6. The number of hydrogen-bond donors (Lipinski definition) is 2. The van der Waals surface area contributed by atoms with E-state index < -0.39 is 5.91 Å². The molecule has 0 saturated heterocycles. The Hall–Kier alpha value is -2.49. The maximum Gasteiger partial charge on any atom is 0.276 e. The maximum atomic E-state index is 13.9. The van der Waals surface area contributed by atoms with Crippen LogP contribution in [0.15, 0.2) is 35.6 Å². The Kier molecular flexibility index (Phi) is 7.07. The van der Waals surface area contributed by atoms with Crippen LogP contribution in [0.5, 0.6) is 0 Å². The third kappa shape index (κ3) is 4.79. The predicted octanol–water partition coefficient (Wildman–Crippen LogP) is 5.11. The van der Waals surface area contributed by atoms with Gasteiger partial charge in [0.05, 0.1) is 16.8 Å². The number of carbonyl (C=O) groups excluding carboxylic acids is 2. The van der Waals surface area contributed by atoms with Gasteiger partial charge in [-0.3, -0.25) is 9.59 Å². The molecule has 6 nitrogen and oxygen atoms in total. The SMILES string of the molecule is CNC(=O)c1c(NC(=O)c2nc(SCc3ccccc3F)ncc2Cl)sc2c1CCCC2.